The molecule has 2 aromatic rings. The van der Waals surface area contributed by atoms with E-state index in [0.717, 1.165) is 12.1 Å². The second-order valence-electron chi connectivity index (χ2n) is 4.28. The summed E-state index contributed by atoms with van der Waals surface area (Å²) in [5.41, 5.74) is -0.960. The monoisotopic (exact) mass is 365 g/mol. The summed E-state index contributed by atoms with van der Waals surface area (Å²) in [5.74, 6) is -1.55. The van der Waals surface area contributed by atoms with E-state index in [-0.39, 0.29) is 17.8 Å². The number of anilines is 1. The molecule has 1 N–H and O–H groups in total. The minimum Gasteiger partial charge on any atom is -0.380 e. The Morgan fingerprint density at radius 1 is 1.00 bits per heavy atom. The zero-order valence-electron chi connectivity index (χ0n) is 10.4. The average molecular weight is 366 g/mol. The van der Waals surface area contributed by atoms with Crippen molar-refractivity contribution in [2.24, 2.45) is 0 Å². The summed E-state index contributed by atoms with van der Waals surface area (Å²) in [7, 11) is 0. The highest BCUT2D eigenvalue weighted by Crippen LogP contribution is 2.36. The highest BCUT2D eigenvalue weighted by Gasteiger charge is 2.33. The Bertz CT molecular complexity index is 654. The van der Waals surface area contributed by atoms with Crippen LogP contribution in [0.1, 0.15) is 11.1 Å². The van der Waals surface area contributed by atoms with Gasteiger partial charge in [0.25, 0.3) is 0 Å². The largest absolute Gasteiger partial charge is 0.418 e. The Morgan fingerprint density at radius 3 is 2.33 bits per heavy atom. The molecule has 0 atom stereocenters. The van der Waals surface area contributed by atoms with E-state index in [1.54, 1.807) is 0 Å². The van der Waals surface area contributed by atoms with Gasteiger partial charge in [-0.1, -0.05) is 22.0 Å². The summed E-state index contributed by atoms with van der Waals surface area (Å²) in [6.07, 6.45) is -4.52. The van der Waals surface area contributed by atoms with Gasteiger partial charge in [0, 0.05) is 28.3 Å². The van der Waals surface area contributed by atoms with E-state index in [1.807, 2.05) is 0 Å². The van der Waals surface area contributed by atoms with Gasteiger partial charge in [-0.15, -0.1) is 0 Å². The fourth-order valence-electron chi connectivity index (χ4n) is 1.77. The minimum atomic E-state index is -4.52. The molecule has 2 rings (SSSR count). The number of benzene rings is 2. The molecule has 2 aromatic carbocycles. The van der Waals surface area contributed by atoms with E-state index >= 15 is 0 Å². The molecule has 1 nitrogen and oxygen atoms in total. The van der Waals surface area contributed by atoms with Gasteiger partial charge in [0.2, 0.25) is 0 Å². The van der Waals surface area contributed by atoms with E-state index in [2.05, 4.69) is 21.2 Å². The first-order valence-electron chi connectivity index (χ1n) is 5.82. The molecule has 0 aromatic heterocycles. The molecule has 0 saturated carbocycles. The van der Waals surface area contributed by atoms with Crippen molar-refractivity contribution >= 4 is 21.6 Å². The number of rotatable bonds is 3. The van der Waals surface area contributed by atoms with E-state index in [1.165, 1.54) is 18.2 Å². The number of alkyl halides is 3. The van der Waals surface area contributed by atoms with E-state index in [0.29, 0.717) is 10.5 Å². The minimum absolute atomic E-state index is 0.0736. The molecule has 0 unspecified atom stereocenters. The quantitative estimate of drug-likeness (QED) is 0.722. The van der Waals surface area contributed by atoms with Gasteiger partial charge >= 0.3 is 6.18 Å². The third-order valence-electron chi connectivity index (χ3n) is 2.77. The van der Waals surface area contributed by atoms with Crippen LogP contribution in [0.2, 0.25) is 0 Å². The first-order valence-corrected chi connectivity index (χ1v) is 6.61. The Balaban J connectivity index is 2.25. The first kappa shape index (κ1) is 15.8. The van der Waals surface area contributed by atoms with Gasteiger partial charge in [-0.05, 0) is 24.3 Å². The van der Waals surface area contributed by atoms with Crippen LogP contribution in [0.5, 0.6) is 0 Å². The van der Waals surface area contributed by atoms with Crippen molar-refractivity contribution in [1.82, 2.24) is 0 Å². The first-order chi connectivity index (χ1) is 9.77. The van der Waals surface area contributed by atoms with E-state index < -0.39 is 23.4 Å². The van der Waals surface area contributed by atoms with Crippen LogP contribution in [0.4, 0.5) is 27.6 Å². The van der Waals surface area contributed by atoms with Gasteiger partial charge in [-0.25, -0.2) is 8.78 Å². The summed E-state index contributed by atoms with van der Waals surface area (Å²) in [5, 5.41) is 2.52. The number of hydrogen-bond acceptors (Lipinski definition) is 1. The molecule has 0 bridgehead atoms. The molecule has 0 spiro atoms. The third kappa shape index (κ3) is 3.93. The molecule has 0 amide bonds. The van der Waals surface area contributed by atoms with Crippen molar-refractivity contribution in [3.05, 3.63) is 63.6 Å². The summed E-state index contributed by atoms with van der Waals surface area (Å²) in [4.78, 5) is 0. The van der Waals surface area contributed by atoms with Crippen molar-refractivity contribution in [1.29, 1.82) is 0 Å². The van der Waals surface area contributed by atoms with Crippen LogP contribution in [0, 0.1) is 11.6 Å². The van der Waals surface area contributed by atoms with Gasteiger partial charge in [-0.2, -0.15) is 13.2 Å². The Hall–Kier alpha value is -1.63. The standard InChI is InChI=1S/C14H9BrF5N/c15-9-2-4-11(14(18,19)20)13(5-9)21-7-8-1-3-10(16)6-12(8)17/h1-6,21H,7H2. The number of hydrogen-bond donors (Lipinski definition) is 1. The Kier molecular flexibility index (Phi) is 4.51. The normalized spacial score (nSPS) is 11.5. The summed E-state index contributed by atoms with van der Waals surface area (Å²) < 4.78 is 65.3. The lowest BCUT2D eigenvalue weighted by molar-refractivity contribution is -0.137. The maximum absolute atomic E-state index is 13.5. The van der Waals surface area contributed by atoms with Gasteiger partial charge < -0.3 is 5.32 Å². The predicted molar refractivity (Wildman–Crippen MR) is 72.8 cm³/mol. The molecule has 0 aliphatic rings. The fraction of sp³-hybridized carbons (Fsp3) is 0.143. The predicted octanol–water partition coefficient (Wildman–Crippen LogP) is 5.36. The topological polar surface area (TPSA) is 12.0 Å². The summed E-state index contributed by atoms with van der Waals surface area (Å²) >= 11 is 3.08. The molecular formula is C14H9BrF5N. The molecule has 0 aliphatic heterocycles. The van der Waals surface area contributed by atoms with Crippen LogP contribution >= 0.6 is 15.9 Å². The molecule has 0 fully saturated rings. The van der Waals surface area contributed by atoms with Crippen LogP contribution in [0.3, 0.4) is 0 Å². The molecule has 0 saturated heterocycles. The summed E-state index contributed by atoms with van der Waals surface area (Å²) in [6.45, 7) is -0.189. The van der Waals surface area contributed by atoms with Gasteiger partial charge in [-0.3, -0.25) is 0 Å². The SMILES string of the molecule is Fc1ccc(CNc2cc(Br)ccc2C(F)(F)F)c(F)c1. The molecule has 21 heavy (non-hydrogen) atoms. The lowest BCUT2D eigenvalue weighted by Gasteiger charge is -2.15. The number of halogens is 6. The van der Waals surface area contributed by atoms with Crippen LogP contribution < -0.4 is 5.32 Å². The maximum Gasteiger partial charge on any atom is 0.418 e. The molecule has 0 radical (unpaired) electrons. The van der Waals surface area contributed by atoms with Crippen molar-refractivity contribution in [2.45, 2.75) is 12.7 Å². The van der Waals surface area contributed by atoms with Crippen molar-refractivity contribution in [2.75, 3.05) is 5.32 Å². The lowest BCUT2D eigenvalue weighted by atomic mass is 10.1. The second kappa shape index (κ2) is 6.01. The van der Waals surface area contributed by atoms with Crippen molar-refractivity contribution < 1.29 is 22.0 Å². The second-order valence-corrected chi connectivity index (χ2v) is 5.19. The summed E-state index contributed by atoms with van der Waals surface area (Å²) in [6, 6.07) is 6.36. The van der Waals surface area contributed by atoms with Crippen molar-refractivity contribution in [3.63, 3.8) is 0 Å². The molecular weight excluding hydrogens is 357 g/mol. The van der Waals surface area contributed by atoms with E-state index in [9.17, 15) is 22.0 Å². The fourth-order valence-corrected chi connectivity index (χ4v) is 2.13. The van der Waals surface area contributed by atoms with Crippen LogP contribution in [0.15, 0.2) is 40.9 Å². The zero-order valence-corrected chi connectivity index (χ0v) is 12.0. The highest BCUT2D eigenvalue weighted by atomic mass is 79.9. The van der Waals surface area contributed by atoms with Gasteiger partial charge in [0.15, 0.2) is 0 Å². The third-order valence-corrected chi connectivity index (χ3v) is 3.26. The van der Waals surface area contributed by atoms with Gasteiger partial charge in [0.1, 0.15) is 11.6 Å². The lowest BCUT2D eigenvalue weighted by Crippen LogP contribution is -2.11. The van der Waals surface area contributed by atoms with Crippen molar-refractivity contribution in [3.8, 4) is 0 Å². The smallest absolute Gasteiger partial charge is 0.380 e. The maximum atomic E-state index is 13.5. The van der Waals surface area contributed by atoms with Crippen LogP contribution in [-0.2, 0) is 12.7 Å². The molecule has 0 heterocycles. The van der Waals surface area contributed by atoms with Crippen LogP contribution in [-0.4, -0.2) is 0 Å². The Morgan fingerprint density at radius 2 is 1.71 bits per heavy atom. The van der Waals surface area contributed by atoms with Crippen LogP contribution in [0.25, 0.3) is 0 Å². The number of nitrogens with one attached hydrogen (secondary N) is 1. The Labute approximate surface area is 125 Å². The molecule has 7 heteroatoms. The molecule has 0 aliphatic carbocycles. The van der Waals surface area contributed by atoms with E-state index in [4.69, 9.17) is 0 Å². The average Bonchev–Trinajstić information content (AvgIpc) is 2.36. The molecule has 112 valence electrons. The zero-order chi connectivity index (χ0) is 15.6. The highest BCUT2D eigenvalue weighted by molar-refractivity contribution is 9.10. The van der Waals surface area contributed by atoms with Gasteiger partial charge in [0.05, 0.1) is 5.56 Å².